The number of aromatic nitrogens is 3. The molecular formula is C20H27N5O2S. The van der Waals surface area contributed by atoms with Gasteiger partial charge in [0.25, 0.3) is 0 Å². The third-order valence-corrected chi connectivity index (χ3v) is 6.05. The summed E-state index contributed by atoms with van der Waals surface area (Å²) in [5, 5.41) is 14.5. The van der Waals surface area contributed by atoms with Crippen LogP contribution in [0.5, 0.6) is 0 Å². The van der Waals surface area contributed by atoms with E-state index in [0.29, 0.717) is 17.6 Å². The standard InChI is InChI=1S/C20H27N5O2S/c1-3-25-18(15-10-5-4-6-11-15)23-24-20(25)28-13-17(26)22-19(27)21-16-12-8-7-9-14(16)2/h4-6,10-11,14,16H,3,7-9,12-13H2,1-2H3,(H2,21,22,26,27)/t14-,16+/m0/s1. The van der Waals surface area contributed by atoms with E-state index in [-0.39, 0.29) is 17.7 Å². The van der Waals surface area contributed by atoms with Crippen molar-refractivity contribution in [2.24, 2.45) is 5.92 Å². The number of rotatable bonds is 6. The molecule has 2 atom stereocenters. The Kier molecular flexibility index (Phi) is 7.08. The molecule has 3 amide bonds. The van der Waals surface area contributed by atoms with Crippen molar-refractivity contribution in [2.45, 2.75) is 57.3 Å². The summed E-state index contributed by atoms with van der Waals surface area (Å²) in [6, 6.07) is 9.56. The predicted molar refractivity (Wildman–Crippen MR) is 110 cm³/mol. The van der Waals surface area contributed by atoms with Crippen molar-refractivity contribution in [3.63, 3.8) is 0 Å². The van der Waals surface area contributed by atoms with Crippen LogP contribution in [0.1, 0.15) is 39.5 Å². The Morgan fingerprint density at radius 1 is 1.18 bits per heavy atom. The number of imide groups is 1. The van der Waals surface area contributed by atoms with Crippen molar-refractivity contribution in [1.29, 1.82) is 0 Å². The van der Waals surface area contributed by atoms with E-state index in [0.717, 1.165) is 30.7 Å². The van der Waals surface area contributed by atoms with E-state index < -0.39 is 6.03 Å². The molecule has 7 nitrogen and oxygen atoms in total. The fourth-order valence-electron chi connectivity index (χ4n) is 3.51. The molecule has 3 rings (SSSR count). The van der Waals surface area contributed by atoms with Crippen LogP contribution in [0.2, 0.25) is 0 Å². The number of hydrogen-bond acceptors (Lipinski definition) is 5. The van der Waals surface area contributed by atoms with Crippen molar-refractivity contribution >= 4 is 23.7 Å². The summed E-state index contributed by atoms with van der Waals surface area (Å²) < 4.78 is 1.97. The minimum absolute atomic E-state index is 0.112. The van der Waals surface area contributed by atoms with Gasteiger partial charge in [-0.15, -0.1) is 10.2 Å². The number of amides is 3. The van der Waals surface area contributed by atoms with Crippen molar-refractivity contribution in [1.82, 2.24) is 25.4 Å². The lowest BCUT2D eigenvalue weighted by molar-refractivity contribution is -0.117. The molecule has 1 aromatic carbocycles. The Hall–Kier alpha value is -2.35. The molecule has 0 aliphatic heterocycles. The molecule has 1 aliphatic rings. The fourth-order valence-corrected chi connectivity index (χ4v) is 4.31. The molecule has 0 bridgehead atoms. The largest absolute Gasteiger partial charge is 0.335 e. The van der Waals surface area contributed by atoms with Gasteiger partial charge in [0, 0.05) is 18.2 Å². The molecular weight excluding hydrogens is 374 g/mol. The molecule has 1 aromatic heterocycles. The summed E-state index contributed by atoms with van der Waals surface area (Å²) >= 11 is 1.28. The van der Waals surface area contributed by atoms with Crippen LogP contribution in [-0.4, -0.2) is 38.5 Å². The van der Waals surface area contributed by atoms with Crippen LogP contribution in [0.15, 0.2) is 35.5 Å². The molecule has 2 aromatic rings. The van der Waals surface area contributed by atoms with Crippen molar-refractivity contribution in [3.8, 4) is 11.4 Å². The smallest absolute Gasteiger partial charge is 0.321 e. The first kappa shape index (κ1) is 20.4. The van der Waals surface area contributed by atoms with Crippen LogP contribution in [0.25, 0.3) is 11.4 Å². The summed E-state index contributed by atoms with van der Waals surface area (Å²) in [4.78, 5) is 24.3. The first-order valence-corrected chi connectivity index (χ1v) is 10.8. The topological polar surface area (TPSA) is 88.9 Å². The van der Waals surface area contributed by atoms with Gasteiger partial charge >= 0.3 is 6.03 Å². The molecule has 0 saturated heterocycles. The molecule has 0 spiro atoms. The van der Waals surface area contributed by atoms with Gasteiger partial charge in [-0.2, -0.15) is 0 Å². The van der Waals surface area contributed by atoms with Gasteiger partial charge in [-0.05, 0) is 25.7 Å². The number of hydrogen-bond donors (Lipinski definition) is 2. The lowest BCUT2D eigenvalue weighted by Crippen LogP contribution is -2.48. The summed E-state index contributed by atoms with van der Waals surface area (Å²) in [7, 11) is 0. The van der Waals surface area contributed by atoms with E-state index in [1.165, 1.54) is 18.2 Å². The highest BCUT2D eigenvalue weighted by molar-refractivity contribution is 7.99. The Morgan fingerprint density at radius 3 is 2.64 bits per heavy atom. The third-order valence-electron chi connectivity index (χ3n) is 5.08. The summed E-state index contributed by atoms with van der Waals surface area (Å²) in [5.74, 6) is 0.997. The minimum Gasteiger partial charge on any atom is -0.335 e. The highest BCUT2D eigenvalue weighted by atomic mass is 32.2. The molecule has 1 heterocycles. The molecule has 150 valence electrons. The number of nitrogens with zero attached hydrogens (tertiary/aromatic N) is 3. The second-order valence-corrected chi connectivity index (χ2v) is 8.04. The quantitative estimate of drug-likeness (QED) is 0.724. The van der Waals surface area contributed by atoms with Gasteiger partial charge in [0.2, 0.25) is 5.91 Å². The maximum absolute atomic E-state index is 12.2. The normalized spacial score (nSPS) is 19.2. The van der Waals surface area contributed by atoms with Crippen LogP contribution in [-0.2, 0) is 11.3 Å². The lowest BCUT2D eigenvalue weighted by atomic mass is 9.86. The highest BCUT2D eigenvalue weighted by Crippen LogP contribution is 2.24. The summed E-state index contributed by atoms with van der Waals surface area (Å²) in [6.45, 7) is 4.85. The van der Waals surface area contributed by atoms with Gasteiger partial charge in [0.1, 0.15) is 0 Å². The third kappa shape index (κ3) is 5.13. The van der Waals surface area contributed by atoms with Crippen LogP contribution >= 0.6 is 11.8 Å². The van der Waals surface area contributed by atoms with E-state index in [9.17, 15) is 9.59 Å². The number of urea groups is 1. The van der Waals surface area contributed by atoms with Gasteiger partial charge in [-0.3, -0.25) is 10.1 Å². The van der Waals surface area contributed by atoms with Gasteiger partial charge in [-0.1, -0.05) is 61.9 Å². The van der Waals surface area contributed by atoms with Crippen molar-refractivity contribution in [3.05, 3.63) is 30.3 Å². The SMILES string of the molecule is CCn1c(SCC(=O)NC(=O)N[C@@H]2CCCC[C@@H]2C)nnc1-c1ccccc1. The Labute approximate surface area is 169 Å². The maximum Gasteiger partial charge on any atom is 0.321 e. The molecule has 0 unspecified atom stereocenters. The van der Waals surface area contributed by atoms with Crippen molar-refractivity contribution in [2.75, 3.05) is 5.75 Å². The maximum atomic E-state index is 12.2. The Morgan fingerprint density at radius 2 is 1.93 bits per heavy atom. The molecule has 1 saturated carbocycles. The lowest BCUT2D eigenvalue weighted by Gasteiger charge is -2.29. The Bertz CT molecular complexity index is 808. The first-order valence-electron chi connectivity index (χ1n) is 9.80. The van der Waals surface area contributed by atoms with E-state index in [1.54, 1.807) is 0 Å². The molecule has 0 radical (unpaired) electrons. The average molecular weight is 402 g/mol. The zero-order valence-corrected chi connectivity index (χ0v) is 17.2. The molecule has 8 heteroatoms. The van der Waals surface area contributed by atoms with E-state index in [1.807, 2.05) is 41.8 Å². The molecule has 28 heavy (non-hydrogen) atoms. The van der Waals surface area contributed by atoms with Crippen LogP contribution in [0, 0.1) is 5.92 Å². The van der Waals surface area contributed by atoms with Crippen LogP contribution in [0.3, 0.4) is 0 Å². The number of nitrogens with one attached hydrogen (secondary N) is 2. The van der Waals surface area contributed by atoms with Gasteiger partial charge in [-0.25, -0.2) is 4.79 Å². The van der Waals surface area contributed by atoms with Crippen LogP contribution < -0.4 is 10.6 Å². The first-order chi connectivity index (χ1) is 13.6. The predicted octanol–water partition coefficient (Wildman–Crippen LogP) is 3.46. The highest BCUT2D eigenvalue weighted by Gasteiger charge is 2.23. The minimum atomic E-state index is -0.411. The van der Waals surface area contributed by atoms with Crippen LogP contribution in [0.4, 0.5) is 4.79 Å². The monoisotopic (exact) mass is 401 g/mol. The van der Waals surface area contributed by atoms with Crippen molar-refractivity contribution < 1.29 is 9.59 Å². The number of carbonyl (C=O) groups excluding carboxylic acids is 2. The molecule has 2 N–H and O–H groups in total. The molecule has 1 aliphatic carbocycles. The second kappa shape index (κ2) is 9.73. The molecule has 1 fully saturated rings. The van der Waals surface area contributed by atoms with E-state index >= 15 is 0 Å². The zero-order valence-electron chi connectivity index (χ0n) is 16.4. The van der Waals surface area contributed by atoms with Gasteiger partial charge in [0.05, 0.1) is 5.75 Å². The second-order valence-electron chi connectivity index (χ2n) is 7.10. The average Bonchev–Trinajstić information content (AvgIpc) is 3.11. The van der Waals surface area contributed by atoms with E-state index in [4.69, 9.17) is 0 Å². The van der Waals surface area contributed by atoms with Gasteiger partial charge in [0.15, 0.2) is 11.0 Å². The fraction of sp³-hybridized carbons (Fsp3) is 0.500. The summed E-state index contributed by atoms with van der Waals surface area (Å²) in [5.41, 5.74) is 0.981. The number of thioether (sulfide) groups is 1. The van der Waals surface area contributed by atoms with Gasteiger partial charge < -0.3 is 9.88 Å². The summed E-state index contributed by atoms with van der Waals surface area (Å²) in [6.07, 6.45) is 4.42. The Balaban J connectivity index is 1.53. The number of carbonyl (C=O) groups is 2. The van der Waals surface area contributed by atoms with E-state index in [2.05, 4.69) is 27.8 Å². The zero-order chi connectivity index (χ0) is 19.9. The number of benzene rings is 1.